The first-order valence-electron chi connectivity index (χ1n) is 8.04. The zero-order valence-electron chi connectivity index (χ0n) is 14.4. The molecule has 7 heteroatoms. The number of carboxylic acids is 1. The molecule has 0 fully saturated rings. The maximum absolute atomic E-state index is 12.3. The molecule has 2 aromatic rings. The molecule has 0 amide bonds. The fraction of sp³-hybridized carbons (Fsp3) is 0.263. The number of ether oxygens (including phenoxy) is 3. The molecule has 0 saturated carbocycles. The molecular weight excluding hydrogens is 336 g/mol. The predicted octanol–water partition coefficient (Wildman–Crippen LogP) is 3.10. The number of aliphatic carboxylic acids is 1. The average molecular weight is 354 g/mol. The van der Waals surface area contributed by atoms with Gasteiger partial charge in [0.1, 0.15) is 0 Å². The SMILES string of the molecule is CCC(Nc1ccc(C#N)cc1)(C(=O)O)c1cc(OC)c2c(c1)OCO2. The second-order valence-electron chi connectivity index (χ2n) is 5.79. The Bertz CT molecular complexity index is 873. The van der Waals surface area contributed by atoms with Gasteiger partial charge in [0.05, 0.1) is 18.7 Å². The molecule has 7 nitrogen and oxygen atoms in total. The zero-order chi connectivity index (χ0) is 18.7. The highest BCUT2D eigenvalue weighted by Crippen LogP contribution is 2.45. The van der Waals surface area contributed by atoms with E-state index in [-0.39, 0.29) is 13.2 Å². The van der Waals surface area contributed by atoms with Crippen LogP contribution in [-0.4, -0.2) is 25.0 Å². The molecule has 2 aromatic carbocycles. The van der Waals surface area contributed by atoms with Gasteiger partial charge in [-0.15, -0.1) is 0 Å². The number of benzene rings is 2. The van der Waals surface area contributed by atoms with E-state index in [4.69, 9.17) is 19.5 Å². The molecule has 0 saturated heterocycles. The molecule has 0 spiro atoms. The fourth-order valence-electron chi connectivity index (χ4n) is 2.94. The molecule has 1 aliphatic heterocycles. The van der Waals surface area contributed by atoms with Crippen LogP contribution in [0.5, 0.6) is 17.2 Å². The number of carbonyl (C=O) groups is 1. The molecule has 1 heterocycles. The van der Waals surface area contributed by atoms with Crippen LogP contribution in [0.4, 0.5) is 5.69 Å². The lowest BCUT2D eigenvalue weighted by Gasteiger charge is -2.31. The fourth-order valence-corrected chi connectivity index (χ4v) is 2.94. The summed E-state index contributed by atoms with van der Waals surface area (Å²) in [6.45, 7) is 1.84. The van der Waals surface area contributed by atoms with Crippen LogP contribution in [0.1, 0.15) is 24.5 Å². The number of anilines is 1. The Hall–Kier alpha value is -3.40. The van der Waals surface area contributed by atoms with E-state index in [9.17, 15) is 9.90 Å². The summed E-state index contributed by atoms with van der Waals surface area (Å²) in [7, 11) is 1.49. The molecule has 134 valence electrons. The molecule has 1 atom stereocenters. The van der Waals surface area contributed by atoms with Crippen molar-refractivity contribution in [2.24, 2.45) is 0 Å². The van der Waals surface area contributed by atoms with Crippen LogP contribution in [0, 0.1) is 11.3 Å². The number of carboxylic acid groups (broad SMARTS) is 1. The standard InChI is InChI=1S/C19H18N2O5/c1-3-19(18(22)23,21-14-6-4-12(10-20)5-7-14)13-8-15(24-2)17-16(9-13)25-11-26-17/h4-9,21H,3,11H2,1-2H3,(H,22,23). The van der Waals surface area contributed by atoms with Crippen molar-refractivity contribution < 1.29 is 24.1 Å². The molecular formula is C19H18N2O5. The second-order valence-corrected chi connectivity index (χ2v) is 5.79. The highest BCUT2D eigenvalue weighted by atomic mass is 16.7. The maximum Gasteiger partial charge on any atom is 0.334 e. The molecule has 0 aromatic heterocycles. The van der Waals surface area contributed by atoms with Crippen molar-refractivity contribution in [2.75, 3.05) is 19.2 Å². The van der Waals surface area contributed by atoms with Gasteiger partial charge in [-0.2, -0.15) is 5.26 Å². The van der Waals surface area contributed by atoms with Gasteiger partial charge < -0.3 is 24.6 Å². The third kappa shape index (κ3) is 2.86. The second kappa shape index (κ2) is 6.84. The van der Waals surface area contributed by atoms with Crippen molar-refractivity contribution in [3.05, 3.63) is 47.5 Å². The van der Waals surface area contributed by atoms with E-state index >= 15 is 0 Å². The van der Waals surface area contributed by atoms with Gasteiger partial charge >= 0.3 is 5.97 Å². The normalized spacial score (nSPS) is 14.2. The van der Waals surface area contributed by atoms with Gasteiger partial charge in [-0.05, 0) is 48.4 Å². The lowest BCUT2D eigenvalue weighted by Crippen LogP contribution is -2.43. The number of hydrogen-bond donors (Lipinski definition) is 2. The monoisotopic (exact) mass is 354 g/mol. The topological polar surface area (TPSA) is 101 Å². The molecule has 2 N–H and O–H groups in total. The lowest BCUT2D eigenvalue weighted by molar-refractivity contribution is -0.142. The van der Waals surface area contributed by atoms with Gasteiger partial charge in [-0.3, -0.25) is 0 Å². The molecule has 0 aliphatic carbocycles. The van der Waals surface area contributed by atoms with Crippen molar-refractivity contribution in [1.29, 1.82) is 5.26 Å². The predicted molar refractivity (Wildman–Crippen MR) is 93.5 cm³/mol. The number of hydrogen-bond acceptors (Lipinski definition) is 6. The molecule has 0 radical (unpaired) electrons. The summed E-state index contributed by atoms with van der Waals surface area (Å²) in [6.07, 6.45) is 0.269. The number of nitrogens with one attached hydrogen (secondary N) is 1. The van der Waals surface area contributed by atoms with Gasteiger partial charge in [-0.25, -0.2) is 4.79 Å². The van der Waals surface area contributed by atoms with Gasteiger partial charge in [0.25, 0.3) is 0 Å². The molecule has 0 bridgehead atoms. The number of nitriles is 1. The minimum Gasteiger partial charge on any atom is -0.493 e. The number of fused-ring (bicyclic) bond motifs is 1. The minimum atomic E-state index is -1.40. The Balaban J connectivity index is 2.08. The zero-order valence-corrected chi connectivity index (χ0v) is 14.4. The third-order valence-electron chi connectivity index (χ3n) is 4.42. The summed E-state index contributed by atoms with van der Waals surface area (Å²) in [4.78, 5) is 12.3. The van der Waals surface area contributed by atoms with E-state index in [1.165, 1.54) is 7.11 Å². The maximum atomic E-state index is 12.3. The van der Waals surface area contributed by atoms with E-state index in [0.717, 1.165) is 0 Å². The van der Waals surface area contributed by atoms with Crippen LogP contribution < -0.4 is 19.5 Å². The lowest BCUT2D eigenvalue weighted by atomic mass is 9.86. The van der Waals surface area contributed by atoms with Crippen molar-refractivity contribution in [2.45, 2.75) is 18.9 Å². The van der Waals surface area contributed by atoms with Gasteiger partial charge in [-0.1, -0.05) is 6.92 Å². The van der Waals surface area contributed by atoms with Crippen LogP contribution in [-0.2, 0) is 10.3 Å². The summed E-state index contributed by atoms with van der Waals surface area (Å²) in [5, 5.41) is 22.0. The first-order valence-corrected chi connectivity index (χ1v) is 8.04. The molecule has 26 heavy (non-hydrogen) atoms. The van der Waals surface area contributed by atoms with E-state index < -0.39 is 11.5 Å². The van der Waals surface area contributed by atoms with Crippen LogP contribution >= 0.6 is 0 Å². The van der Waals surface area contributed by atoms with Crippen LogP contribution in [0.3, 0.4) is 0 Å². The largest absolute Gasteiger partial charge is 0.493 e. The Labute approximate surface area is 150 Å². The quantitative estimate of drug-likeness (QED) is 0.822. The first-order chi connectivity index (χ1) is 12.5. The smallest absolute Gasteiger partial charge is 0.334 e. The summed E-state index contributed by atoms with van der Waals surface area (Å²) >= 11 is 0. The van der Waals surface area contributed by atoms with E-state index in [2.05, 4.69) is 5.32 Å². The first kappa shape index (κ1) is 17.4. The number of nitrogens with zero attached hydrogens (tertiary/aromatic N) is 1. The Morgan fingerprint density at radius 2 is 2.08 bits per heavy atom. The Morgan fingerprint density at radius 1 is 1.35 bits per heavy atom. The minimum absolute atomic E-state index is 0.0599. The highest BCUT2D eigenvalue weighted by Gasteiger charge is 2.40. The van der Waals surface area contributed by atoms with Crippen LogP contribution in [0.2, 0.25) is 0 Å². The summed E-state index contributed by atoms with van der Waals surface area (Å²) in [6, 6.07) is 11.9. The van der Waals surface area contributed by atoms with Crippen LogP contribution in [0.25, 0.3) is 0 Å². The van der Waals surface area contributed by atoms with Crippen molar-refractivity contribution in [1.82, 2.24) is 0 Å². The van der Waals surface area contributed by atoms with Crippen LogP contribution in [0.15, 0.2) is 36.4 Å². The van der Waals surface area contributed by atoms with Gasteiger partial charge in [0.15, 0.2) is 17.0 Å². The summed E-state index contributed by atoms with van der Waals surface area (Å²) in [5.74, 6) is 0.283. The van der Waals surface area contributed by atoms with Gasteiger partial charge in [0.2, 0.25) is 12.5 Å². The number of methoxy groups -OCH3 is 1. The summed E-state index contributed by atoms with van der Waals surface area (Å²) < 4.78 is 16.1. The van der Waals surface area contributed by atoms with E-state index in [1.807, 2.05) is 6.07 Å². The summed E-state index contributed by atoms with van der Waals surface area (Å²) in [5.41, 5.74) is 0.170. The molecule has 1 unspecified atom stereocenters. The van der Waals surface area contributed by atoms with Crippen molar-refractivity contribution in [3.63, 3.8) is 0 Å². The molecule has 3 rings (SSSR count). The van der Waals surface area contributed by atoms with E-state index in [0.29, 0.717) is 34.1 Å². The van der Waals surface area contributed by atoms with Gasteiger partial charge in [0, 0.05) is 5.69 Å². The van der Waals surface area contributed by atoms with Crippen molar-refractivity contribution in [3.8, 4) is 23.3 Å². The van der Waals surface area contributed by atoms with E-state index in [1.54, 1.807) is 43.3 Å². The Kier molecular flexibility index (Phi) is 4.59. The average Bonchev–Trinajstić information content (AvgIpc) is 3.14. The van der Waals surface area contributed by atoms with Crippen molar-refractivity contribution >= 4 is 11.7 Å². The Morgan fingerprint density at radius 3 is 2.65 bits per heavy atom. The molecule has 1 aliphatic rings. The number of rotatable bonds is 6. The third-order valence-corrected chi connectivity index (χ3v) is 4.42. The highest BCUT2D eigenvalue weighted by molar-refractivity contribution is 5.85.